The highest BCUT2D eigenvalue weighted by molar-refractivity contribution is 6.02. The van der Waals surface area contributed by atoms with E-state index >= 15 is 0 Å². The second kappa shape index (κ2) is 7.43. The highest BCUT2D eigenvalue weighted by Gasteiger charge is 2.41. The van der Waals surface area contributed by atoms with Gasteiger partial charge in [-0.25, -0.2) is 4.79 Å². The molecule has 6 heteroatoms. The van der Waals surface area contributed by atoms with Crippen molar-refractivity contribution in [3.05, 3.63) is 35.4 Å². The molecular formula is C21H26N2O4. The first-order chi connectivity index (χ1) is 13.1. The summed E-state index contributed by atoms with van der Waals surface area (Å²) < 4.78 is 0. The van der Waals surface area contributed by atoms with Crippen LogP contribution in [0, 0.1) is 0 Å². The Bertz CT molecular complexity index is 732. The molecule has 1 aromatic rings. The van der Waals surface area contributed by atoms with Crippen molar-refractivity contribution in [3.63, 3.8) is 0 Å². The maximum absolute atomic E-state index is 12.6. The van der Waals surface area contributed by atoms with Gasteiger partial charge in [-0.3, -0.25) is 14.5 Å². The van der Waals surface area contributed by atoms with Crippen molar-refractivity contribution < 1.29 is 19.2 Å². The molecule has 4 rings (SSSR count). The summed E-state index contributed by atoms with van der Waals surface area (Å²) in [5, 5.41) is 0.617. The van der Waals surface area contributed by atoms with Crippen molar-refractivity contribution in [3.8, 4) is 0 Å². The SMILES string of the molecule is O=C(ON1C(=O)CCC1=O)c1cccc(C2(N3CCCC3)CCCCC2)c1. The van der Waals surface area contributed by atoms with Crippen LogP contribution in [-0.4, -0.2) is 40.8 Å². The van der Waals surface area contributed by atoms with Crippen LogP contribution in [0.1, 0.15) is 73.7 Å². The fourth-order valence-corrected chi connectivity index (χ4v) is 4.80. The summed E-state index contributed by atoms with van der Waals surface area (Å²) in [5.41, 5.74) is 1.53. The van der Waals surface area contributed by atoms with Crippen LogP contribution in [0.4, 0.5) is 0 Å². The van der Waals surface area contributed by atoms with E-state index in [2.05, 4.69) is 11.0 Å². The van der Waals surface area contributed by atoms with Gasteiger partial charge in [0.25, 0.3) is 11.8 Å². The van der Waals surface area contributed by atoms with Crippen molar-refractivity contribution in [1.82, 2.24) is 9.96 Å². The monoisotopic (exact) mass is 370 g/mol. The highest BCUT2D eigenvalue weighted by Crippen LogP contribution is 2.44. The van der Waals surface area contributed by atoms with Crippen LogP contribution in [-0.2, 0) is 20.0 Å². The van der Waals surface area contributed by atoms with E-state index in [1.165, 1.54) is 32.1 Å². The van der Waals surface area contributed by atoms with E-state index in [1.807, 2.05) is 12.1 Å². The Hall–Kier alpha value is -2.21. The number of imide groups is 1. The van der Waals surface area contributed by atoms with Gasteiger partial charge in [0.1, 0.15) is 0 Å². The number of likely N-dealkylation sites (tertiary alicyclic amines) is 1. The largest absolute Gasteiger partial charge is 0.363 e. The quantitative estimate of drug-likeness (QED) is 0.762. The van der Waals surface area contributed by atoms with Crippen molar-refractivity contribution in [1.29, 1.82) is 0 Å². The van der Waals surface area contributed by atoms with E-state index in [-0.39, 0.29) is 18.4 Å². The number of hydroxylamine groups is 2. The molecular weight excluding hydrogens is 344 g/mol. The summed E-state index contributed by atoms with van der Waals surface area (Å²) in [6.07, 6.45) is 8.52. The zero-order valence-electron chi connectivity index (χ0n) is 15.6. The van der Waals surface area contributed by atoms with Crippen LogP contribution >= 0.6 is 0 Å². The molecule has 0 N–H and O–H groups in total. The Morgan fingerprint density at radius 3 is 2.26 bits per heavy atom. The topological polar surface area (TPSA) is 66.9 Å². The lowest BCUT2D eigenvalue weighted by molar-refractivity contribution is -0.172. The Labute approximate surface area is 159 Å². The molecule has 6 nitrogen and oxygen atoms in total. The molecule has 1 aromatic carbocycles. The molecule has 0 unspecified atom stereocenters. The number of carbonyl (C=O) groups excluding carboxylic acids is 3. The smallest absolute Gasteiger partial charge is 0.325 e. The number of amides is 2. The third kappa shape index (κ3) is 3.38. The first-order valence-electron chi connectivity index (χ1n) is 10.0. The lowest BCUT2D eigenvalue weighted by Crippen LogP contribution is -2.46. The second-order valence-corrected chi connectivity index (χ2v) is 7.83. The zero-order valence-corrected chi connectivity index (χ0v) is 15.6. The van der Waals surface area contributed by atoms with Gasteiger partial charge in [0, 0.05) is 18.4 Å². The van der Waals surface area contributed by atoms with Gasteiger partial charge in [-0.2, -0.15) is 0 Å². The molecule has 1 aliphatic carbocycles. The maximum atomic E-state index is 12.6. The van der Waals surface area contributed by atoms with E-state index in [1.54, 1.807) is 6.07 Å². The van der Waals surface area contributed by atoms with Crippen LogP contribution in [0.3, 0.4) is 0 Å². The molecule has 0 bridgehead atoms. The number of hydrogen-bond donors (Lipinski definition) is 0. The van der Waals surface area contributed by atoms with Crippen LogP contribution in [0.15, 0.2) is 24.3 Å². The summed E-state index contributed by atoms with van der Waals surface area (Å²) in [6.45, 7) is 2.21. The minimum Gasteiger partial charge on any atom is -0.325 e. The Kier molecular flexibility index (Phi) is 5.00. The summed E-state index contributed by atoms with van der Waals surface area (Å²) in [5.74, 6) is -1.55. The molecule has 144 valence electrons. The van der Waals surface area contributed by atoms with Crippen LogP contribution < -0.4 is 0 Å². The third-order valence-electron chi connectivity index (χ3n) is 6.21. The average molecular weight is 370 g/mol. The molecule has 0 aromatic heterocycles. The molecule has 1 saturated carbocycles. The van der Waals surface area contributed by atoms with Gasteiger partial charge < -0.3 is 4.84 Å². The summed E-state index contributed by atoms with van der Waals surface area (Å²) in [6, 6.07) is 7.58. The molecule has 2 heterocycles. The molecule has 2 amide bonds. The maximum Gasteiger partial charge on any atom is 0.363 e. The van der Waals surface area contributed by atoms with Crippen LogP contribution in [0.2, 0.25) is 0 Å². The van der Waals surface area contributed by atoms with E-state index in [9.17, 15) is 14.4 Å². The Morgan fingerprint density at radius 2 is 1.59 bits per heavy atom. The van der Waals surface area contributed by atoms with Gasteiger partial charge in [0.05, 0.1) is 5.56 Å². The fraction of sp³-hybridized carbons (Fsp3) is 0.571. The van der Waals surface area contributed by atoms with Crippen molar-refractivity contribution in [2.45, 2.75) is 63.3 Å². The normalized spacial score (nSPS) is 23.0. The first-order valence-corrected chi connectivity index (χ1v) is 10.0. The minimum atomic E-state index is -0.646. The van der Waals surface area contributed by atoms with Crippen molar-refractivity contribution >= 4 is 17.8 Å². The molecule has 27 heavy (non-hydrogen) atoms. The predicted octanol–water partition coefficient (Wildman–Crippen LogP) is 3.16. The summed E-state index contributed by atoms with van der Waals surface area (Å²) >= 11 is 0. The van der Waals surface area contributed by atoms with E-state index in [4.69, 9.17) is 4.84 Å². The fourth-order valence-electron chi connectivity index (χ4n) is 4.80. The van der Waals surface area contributed by atoms with Gasteiger partial charge in [0.15, 0.2) is 0 Å². The van der Waals surface area contributed by atoms with Gasteiger partial charge >= 0.3 is 5.97 Å². The molecule has 0 atom stereocenters. The van der Waals surface area contributed by atoms with Crippen LogP contribution in [0.25, 0.3) is 0 Å². The Morgan fingerprint density at radius 1 is 0.926 bits per heavy atom. The molecule has 0 radical (unpaired) electrons. The van der Waals surface area contributed by atoms with E-state index < -0.39 is 17.8 Å². The molecule has 0 spiro atoms. The summed E-state index contributed by atoms with van der Waals surface area (Å²) in [7, 11) is 0. The van der Waals surface area contributed by atoms with E-state index in [0.29, 0.717) is 10.6 Å². The number of hydrogen-bond acceptors (Lipinski definition) is 5. The van der Waals surface area contributed by atoms with Gasteiger partial charge in [-0.1, -0.05) is 31.4 Å². The number of benzene rings is 1. The lowest BCUT2D eigenvalue weighted by atomic mass is 9.75. The Balaban J connectivity index is 1.59. The lowest BCUT2D eigenvalue weighted by Gasteiger charge is -2.45. The van der Waals surface area contributed by atoms with Crippen molar-refractivity contribution in [2.75, 3.05) is 13.1 Å². The summed E-state index contributed by atoms with van der Waals surface area (Å²) in [4.78, 5) is 43.7. The standard InChI is InChI=1S/C21H26N2O4/c24-18-9-10-19(25)23(18)27-20(26)16-7-6-8-17(15-16)21(11-2-1-3-12-21)22-13-4-5-14-22/h6-8,15H,1-5,9-14H2. The molecule has 2 saturated heterocycles. The van der Waals surface area contributed by atoms with Gasteiger partial charge in [-0.05, 0) is 56.5 Å². The zero-order chi connectivity index (χ0) is 18.9. The second-order valence-electron chi connectivity index (χ2n) is 7.83. The number of rotatable bonds is 4. The number of carbonyl (C=O) groups is 3. The van der Waals surface area contributed by atoms with Crippen molar-refractivity contribution in [2.24, 2.45) is 0 Å². The predicted molar refractivity (Wildman–Crippen MR) is 98.5 cm³/mol. The average Bonchev–Trinajstić information content (AvgIpc) is 3.35. The molecule has 3 fully saturated rings. The van der Waals surface area contributed by atoms with E-state index in [0.717, 1.165) is 31.5 Å². The molecule has 3 aliphatic rings. The van der Waals surface area contributed by atoms with Gasteiger partial charge in [-0.15, -0.1) is 5.06 Å². The first kappa shape index (κ1) is 18.2. The van der Waals surface area contributed by atoms with Crippen LogP contribution in [0.5, 0.6) is 0 Å². The molecule has 2 aliphatic heterocycles. The third-order valence-corrected chi connectivity index (χ3v) is 6.21. The minimum absolute atomic E-state index is 0.00960. The number of nitrogens with zero attached hydrogens (tertiary/aromatic N) is 2. The van der Waals surface area contributed by atoms with Gasteiger partial charge in [0.2, 0.25) is 0 Å². The highest BCUT2D eigenvalue weighted by atomic mass is 16.7.